The van der Waals surface area contributed by atoms with E-state index in [4.69, 9.17) is 0 Å². The maximum absolute atomic E-state index is 12.7. The second-order valence-electron chi connectivity index (χ2n) is 9.13. The first-order valence-electron chi connectivity index (χ1n) is 12.2. The van der Waals surface area contributed by atoms with E-state index in [1.165, 1.54) is 0 Å². The van der Waals surface area contributed by atoms with Gasteiger partial charge >= 0.3 is 0 Å². The molecule has 1 aromatic heterocycles. The number of β-amino-alcohol motifs (C(OH)–C–C–N with tert-alkyl or cyclic N) is 1. The number of carbonyl (C=O) groups excluding carboxylic acids is 2. The van der Waals surface area contributed by atoms with Crippen molar-refractivity contribution in [3.63, 3.8) is 0 Å². The highest BCUT2D eigenvalue weighted by Gasteiger charge is 2.20. The van der Waals surface area contributed by atoms with Gasteiger partial charge < -0.3 is 30.5 Å². The van der Waals surface area contributed by atoms with Crippen molar-refractivity contribution in [1.82, 2.24) is 4.57 Å². The van der Waals surface area contributed by atoms with E-state index in [-0.39, 0.29) is 17.9 Å². The van der Waals surface area contributed by atoms with Gasteiger partial charge in [0.15, 0.2) is 0 Å². The van der Waals surface area contributed by atoms with E-state index < -0.39 is 0 Å². The number of aromatic nitrogens is 1. The van der Waals surface area contributed by atoms with E-state index in [1.807, 2.05) is 80.0 Å². The molecule has 2 amide bonds. The van der Waals surface area contributed by atoms with Gasteiger partial charge in [-0.3, -0.25) is 9.59 Å². The summed E-state index contributed by atoms with van der Waals surface area (Å²) in [5.41, 5.74) is 5.33. The predicted octanol–water partition coefficient (Wildman–Crippen LogP) is 4.84. The number of carbonyl (C=O) groups is 2. The van der Waals surface area contributed by atoms with Crippen LogP contribution in [0.25, 0.3) is 0 Å². The molecular weight excluding hydrogens is 466 g/mol. The van der Waals surface area contributed by atoms with Crippen molar-refractivity contribution >= 4 is 40.3 Å². The van der Waals surface area contributed by atoms with Gasteiger partial charge in [0.25, 0.3) is 11.8 Å². The van der Waals surface area contributed by atoms with Crippen LogP contribution < -0.4 is 20.9 Å². The molecule has 0 saturated carbocycles. The Morgan fingerprint density at radius 2 is 1.35 bits per heavy atom. The highest BCUT2D eigenvalue weighted by atomic mass is 16.3. The van der Waals surface area contributed by atoms with E-state index >= 15 is 0 Å². The molecule has 4 N–H and O–H groups in total. The second-order valence-corrected chi connectivity index (χ2v) is 9.13. The third kappa shape index (κ3) is 5.82. The number of aliphatic hydroxyl groups excluding tert-OH is 1. The normalized spacial score (nSPS) is 14.9. The highest BCUT2D eigenvalue weighted by Crippen LogP contribution is 2.23. The van der Waals surface area contributed by atoms with Gasteiger partial charge in [-0.15, -0.1) is 0 Å². The lowest BCUT2D eigenvalue weighted by molar-refractivity contribution is 0.101. The summed E-state index contributed by atoms with van der Waals surface area (Å²) in [6.07, 6.45) is 2.32. The first-order chi connectivity index (χ1) is 17.9. The van der Waals surface area contributed by atoms with Gasteiger partial charge in [0.05, 0.1) is 6.10 Å². The average molecular weight is 496 g/mol. The van der Waals surface area contributed by atoms with Gasteiger partial charge in [0.1, 0.15) is 5.69 Å². The molecule has 4 aromatic rings. The molecule has 0 radical (unpaired) electrons. The summed E-state index contributed by atoms with van der Waals surface area (Å²) in [7, 11) is 1.83. The van der Waals surface area contributed by atoms with Crippen molar-refractivity contribution in [2.24, 2.45) is 7.05 Å². The number of rotatable bonds is 7. The molecule has 1 fully saturated rings. The van der Waals surface area contributed by atoms with Gasteiger partial charge in [0, 0.05) is 60.3 Å². The minimum absolute atomic E-state index is 0.159. The van der Waals surface area contributed by atoms with Crippen LogP contribution in [0.5, 0.6) is 0 Å². The number of hydrogen-bond acceptors (Lipinski definition) is 5. The fourth-order valence-corrected chi connectivity index (χ4v) is 4.34. The van der Waals surface area contributed by atoms with E-state index in [1.54, 1.807) is 22.8 Å². The standard InChI is InChI=1S/C29H29N5O3/c1-33-17-2-3-27(33)29(37)32-24-12-8-22(9-13-24)30-21-6-10-23(11-7-21)31-28(36)20-4-14-25(15-5-20)34-18-16-26(35)19-34/h2-15,17,26,30,35H,16,18-19H2,1H3,(H,31,36)(H,32,37). The van der Waals surface area contributed by atoms with E-state index in [0.29, 0.717) is 29.2 Å². The molecule has 1 atom stereocenters. The molecule has 1 saturated heterocycles. The molecule has 1 aliphatic heterocycles. The summed E-state index contributed by atoms with van der Waals surface area (Å²) < 4.78 is 1.77. The largest absolute Gasteiger partial charge is 0.391 e. The molecule has 0 aliphatic carbocycles. The van der Waals surface area contributed by atoms with Crippen molar-refractivity contribution in [1.29, 1.82) is 0 Å². The molecule has 0 bridgehead atoms. The lowest BCUT2D eigenvalue weighted by atomic mass is 10.1. The Balaban J connectivity index is 1.14. The SMILES string of the molecule is Cn1cccc1C(=O)Nc1ccc(Nc2ccc(NC(=O)c3ccc(N4CCC(O)C4)cc3)cc2)cc1. The van der Waals surface area contributed by atoms with Gasteiger partial charge in [-0.05, 0) is 91.3 Å². The van der Waals surface area contributed by atoms with Crippen molar-refractivity contribution in [3.05, 3.63) is 102 Å². The zero-order valence-electron chi connectivity index (χ0n) is 20.5. The Morgan fingerprint density at radius 3 is 1.86 bits per heavy atom. The Labute approximate surface area is 215 Å². The molecular formula is C29H29N5O3. The van der Waals surface area contributed by atoms with Crippen LogP contribution in [0.4, 0.5) is 28.4 Å². The zero-order valence-corrected chi connectivity index (χ0v) is 20.5. The number of hydrogen-bond donors (Lipinski definition) is 4. The smallest absolute Gasteiger partial charge is 0.272 e. The topological polar surface area (TPSA) is 98.6 Å². The molecule has 8 heteroatoms. The molecule has 188 valence electrons. The monoisotopic (exact) mass is 495 g/mol. The fraction of sp³-hybridized carbons (Fsp3) is 0.172. The Kier molecular flexibility index (Phi) is 6.91. The van der Waals surface area contributed by atoms with Crippen LogP contribution in [-0.2, 0) is 7.05 Å². The van der Waals surface area contributed by atoms with Crippen LogP contribution in [0.1, 0.15) is 27.3 Å². The minimum Gasteiger partial charge on any atom is -0.391 e. The Hall–Kier alpha value is -4.56. The van der Waals surface area contributed by atoms with Gasteiger partial charge in [-0.25, -0.2) is 0 Å². The number of nitrogens with zero attached hydrogens (tertiary/aromatic N) is 2. The lowest BCUT2D eigenvalue weighted by Gasteiger charge is -2.18. The summed E-state index contributed by atoms with van der Waals surface area (Å²) in [5, 5.41) is 18.9. The van der Waals surface area contributed by atoms with E-state index in [2.05, 4.69) is 20.9 Å². The van der Waals surface area contributed by atoms with Crippen molar-refractivity contribution < 1.29 is 14.7 Å². The summed E-state index contributed by atoms with van der Waals surface area (Å²) in [6.45, 7) is 1.45. The highest BCUT2D eigenvalue weighted by molar-refractivity contribution is 6.04. The average Bonchev–Trinajstić information content (AvgIpc) is 3.54. The van der Waals surface area contributed by atoms with Gasteiger partial charge in [0.2, 0.25) is 0 Å². The van der Waals surface area contributed by atoms with Crippen LogP contribution in [0.2, 0.25) is 0 Å². The first kappa shape index (κ1) is 24.1. The Morgan fingerprint density at radius 1 is 0.784 bits per heavy atom. The third-order valence-corrected chi connectivity index (χ3v) is 6.41. The molecule has 2 heterocycles. The van der Waals surface area contributed by atoms with Gasteiger partial charge in [-0.2, -0.15) is 0 Å². The minimum atomic E-state index is -0.285. The van der Waals surface area contributed by atoms with Crippen LogP contribution in [0.15, 0.2) is 91.1 Å². The van der Waals surface area contributed by atoms with Crippen molar-refractivity contribution in [2.75, 3.05) is 33.9 Å². The molecule has 0 spiro atoms. The maximum Gasteiger partial charge on any atom is 0.272 e. The molecule has 3 aromatic carbocycles. The number of aryl methyl sites for hydroxylation is 1. The summed E-state index contributed by atoms with van der Waals surface area (Å²) >= 11 is 0. The zero-order chi connectivity index (χ0) is 25.8. The lowest BCUT2D eigenvalue weighted by Crippen LogP contribution is -2.21. The number of nitrogens with one attached hydrogen (secondary N) is 3. The third-order valence-electron chi connectivity index (χ3n) is 6.41. The molecule has 1 unspecified atom stereocenters. The van der Waals surface area contributed by atoms with Crippen LogP contribution in [-0.4, -0.2) is 40.7 Å². The number of anilines is 5. The number of benzene rings is 3. The van der Waals surface area contributed by atoms with Gasteiger partial charge in [-0.1, -0.05) is 0 Å². The summed E-state index contributed by atoms with van der Waals surface area (Å²) in [4.78, 5) is 27.1. The summed E-state index contributed by atoms with van der Waals surface area (Å²) in [5.74, 6) is -0.338. The first-order valence-corrected chi connectivity index (χ1v) is 12.2. The van der Waals surface area contributed by atoms with E-state index in [9.17, 15) is 14.7 Å². The Bertz CT molecular complexity index is 1380. The molecule has 37 heavy (non-hydrogen) atoms. The summed E-state index contributed by atoms with van der Waals surface area (Å²) in [6, 6.07) is 26.0. The van der Waals surface area contributed by atoms with E-state index in [0.717, 1.165) is 30.0 Å². The number of aliphatic hydroxyl groups is 1. The molecule has 5 rings (SSSR count). The molecule has 1 aliphatic rings. The molecule has 8 nitrogen and oxygen atoms in total. The fourth-order valence-electron chi connectivity index (χ4n) is 4.34. The van der Waals surface area contributed by atoms with Crippen molar-refractivity contribution in [3.8, 4) is 0 Å². The van der Waals surface area contributed by atoms with Crippen molar-refractivity contribution in [2.45, 2.75) is 12.5 Å². The maximum atomic E-state index is 12.7. The second kappa shape index (κ2) is 10.6. The van der Waals surface area contributed by atoms with Crippen LogP contribution in [0, 0.1) is 0 Å². The number of amides is 2. The van der Waals surface area contributed by atoms with Crippen LogP contribution in [0.3, 0.4) is 0 Å². The van der Waals surface area contributed by atoms with Crippen LogP contribution >= 0.6 is 0 Å². The predicted molar refractivity (Wildman–Crippen MR) is 147 cm³/mol. The quantitative estimate of drug-likeness (QED) is 0.294.